The molecule has 4 atom stereocenters. The molecule has 0 aliphatic carbocycles. The maximum absolute atomic E-state index is 13.6. The van der Waals surface area contributed by atoms with Crippen molar-refractivity contribution in [2.75, 3.05) is 19.7 Å². The van der Waals surface area contributed by atoms with Crippen molar-refractivity contribution >= 4 is 23.7 Å². The van der Waals surface area contributed by atoms with Gasteiger partial charge in [-0.15, -0.1) is 0 Å². The number of hydrazine groups is 1. The zero-order valence-electron chi connectivity index (χ0n) is 20.1. The lowest BCUT2D eigenvalue weighted by Gasteiger charge is -2.43. The molecule has 3 amide bonds. The number of nitrogens with one attached hydrogen (secondary N) is 2. The van der Waals surface area contributed by atoms with Crippen LogP contribution >= 0.6 is 0 Å². The Morgan fingerprint density at radius 2 is 1.83 bits per heavy atom. The van der Waals surface area contributed by atoms with Crippen LogP contribution in [0.1, 0.15) is 62.2 Å². The van der Waals surface area contributed by atoms with E-state index in [-0.39, 0.29) is 24.1 Å². The van der Waals surface area contributed by atoms with E-state index in [1.54, 1.807) is 24.3 Å². The number of carbonyl (C=O) groups is 4. The molecule has 35 heavy (non-hydrogen) atoms. The van der Waals surface area contributed by atoms with Crippen LogP contribution in [0.25, 0.3) is 0 Å². The highest BCUT2D eigenvalue weighted by molar-refractivity contribution is 5.98. The van der Waals surface area contributed by atoms with Gasteiger partial charge in [-0.25, -0.2) is 5.01 Å². The molecule has 1 aromatic rings. The fraction of sp³-hybridized carbons (Fsp3) is 0.600. The van der Waals surface area contributed by atoms with Crippen molar-refractivity contribution in [2.24, 2.45) is 0 Å². The maximum atomic E-state index is 13.6. The molecule has 190 valence electrons. The van der Waals surface area contributed by atoms with Crippen molar-refractivity contribution in [3.63, 3.8) is 0 Å². The second kappa shape index (κ2) is 11.6. The van der Waals surface area contributed by atoms with E-state index in [2.05, 4.69) is 10.6 Å². The number of benzene rings is 1. The van der Waals surface area contributed by atoms with Crippen molar-refractivity contribution in [2.45, 2.75) is 76.3 Å². The molecule has 10 nitrogen and oxygen atoms in total. The lowest BCUT2D eigenvalue weighted by atomic mass is 10.0. The number of hydrogen-bond acceptors (Lipinski definition) is 7. The van der Waals surface area contributed by atoms with Gasteiger partial charge in [-0.2, -0.15) is 0 Å². The molecule has 0 radical (unpaired) electrons. The zero-order chi connectivity index (χ0) is 24.8. The van der Waals surface area contributed by atoms with E-state index in [0.29, 0.717) is 44.5 Å². The lowest BCUT2D eigenvalue weighted by Crippen LogP contribution is -2.63. The fourth-order valence-corrected chi connectivity index (χ4v) is 4.80. The summed E-state index contributed by atoms with van der Waals surface area (Å²) in [6, 6.07) is 6.72. The number of esters is 1. The van der Waals surface area contributed by atoms with Crippen LogP contribution in [0.2, 0.25) is 0 Å². The molecule has 2 N–H and O–H groups in total. The zero-order valence-corrected chi connectivity index (χ0v) is 20.1. The molecule has 0 saturated carbocycles. The first-order valence-electron chi connectivity index (χ1n) is 12.5. The Morgan fingerprint density at radius 1 is 1.09 bits per heavy atom. The average molecular weight is 487 g/mol. The summed E-state index contributed by atoms with van der Waals surface area (Å²) in [5, 5.41) is 9.19. The van der Waals surface area contributed by atoms with E-state index in [1.807, 2.05) is 18.0 Å². The predicted octanol–water partition coefficient (Wildman–Crippen LogP) is 1.36. The molecule has 0 aromatic heterocycles. The third kappa shape index (κ3) is 5.99. The molecule has 3 saturated heterocycles. The molecule has 3 aliphatic rings. The van der Waals surface area contributed by atoms with Gasteiger partial charge in [-0.05, 0) is 44.2 Å². The first-order valence-corrected chi connectivity index (χ1v) is 12.5. The summed E-state index contributed by atoms with van der Waals surface area (Å²) in [7, 11) is 0. The quantitative estimate of drug-likeness (QED) is 0.421. The van der Waals surface area contributed by atoms with Crippen LogP contribution in [-0.2, 0) is 23.9 Å². The Balaban J connectivity index is 1.45. The van der Waals surface area contributed by atoms with Gasteiger partial charge in [-0.1, -0.05) is 31.5 Å². The SMILES string of the molecule is CCCCOC1OC(=O)C[C@@H]1NC(=O)[C@@H]1CCCN2CCC[C@H](NC(=O)c3ccccc3)C(=O)N12. The first kappa shape index (κ1) is 25.1. The third-order valence-corrected chi connectivity index (χ3v) is 6.64. The van der Waals surface area contributed by atoms with Crippen molar-refractivity contribution in [1.82, 2.24) is 20.7 Å². The van der Waals surface area contributed by atoms with Crippen molar-refractivity contribution in [3.05, 3.63) is 35.9 Å². The van der Waals surface area contributed by atoms with Crippen molar-refractivity contribution in [3.8, 4) is 0 Å². The smallest absolute Gasteiger partial charge is 0.310 e. The fourth-order valence-electron chi connectivity index (χ4n) is 4.80. The lowest BCUT2D eigenvalue weighted by molar-refractivity contribution is -0.170. The highest BCUT2D eigenvalue weighted by atomic mass is 16.7. The number of amides is 3. The highest BCUT2D eigenvalue weighted by Crippen LogP contribution is 2.25. The molecular formula is C25H34N4O6. The summed E-state index contributed by atoms with van der Waals surface area (Å²) in [5.41, 5.74) is 0.481. The minimum atomic E-state index is -0.824. The Labute approximate surface area is 205 Å². The van der Waals surface area contributed by atoms with E-state index >= 15 is 0 Å². The summed E-state index contributed by atoms with van der Waals surface area (Å²) in [4.78, 5) is 51.5. The monoisotopic (exact) mass is 486 g/mol. The van der Waals surface area contributed by atoms with Gasteiger partial charge in [0.25, 0.3) is 11.8 Å². The van der Waals surface area contributed by atoms with Crippen molar-refractivity contribution in [1.29, 1.82) is 0 Å². The number of nitrogens with zero attached hydrogens (tertiary/aromatic N) is 2. The van der Waals surface area contributed by atoms with E-state index in [1.165, 1.54) is 5.01 Å². The van der Waals surface area contributed by atoms with Gasteiger partial charge in [0, 0.05) is 18.7 Å². The molecule has 10 heteroatoms. The van der Waals surface area contributed by atoms with Gasteiger partial charge < -0.3 is 20.1 Å². The second-order valence-electron chi connectivity index (χ2n) is 9.23. The Morgan fingerprint density at radius 3 is 2.57 bits per heavy atom. The first-order chi connectivity index (χ1) is 17.0. The summed E-state index contributed by atoms with van der Waals surface area (Å²) >= 11 is 0. The van der Waals surface area contributed by atoms with E-state index < -0.39 is 30.4 Å². The number of carbonyl (C=O) groups excluding carboxylic acids is 4. The molecule has 0 spiro atoms. The molecule has 4 rings (SSSR count). The van der Waals surface area contributed by atoms with E-state index in [9.17, 15) is 19.2 Å². The second-order valence-corrected chi connectivity index (χ2v) is 9.23. The van der Waals surface area contributed by atoms with E-state index in [0.717, 1.165) is 19.3 Å². The minimum absolute atomic E-state index is 0.0304. The molecule has 0 bridgehead atoms. The predicted molar refractivity (Wildman–Crippen MR) is 126 cm³/mol. The molecule has 3 fully saturated rings. The number of hydrogen-bond donors (Lipinski definition) is 2. The summed E-state index contributed by atoms with van der Waals surface area (Å²) in [6.45, 7) is 3.76. The number of rotatable bonds is 8. The highest BCUT2D eigenvalue weighted by Gasteiger charge is 2.44. The summed E-state index contributed by atoms with van der Waals surface area (Å²) in [6.07, 6.45) is 3.44. The van der Waals surface area contributed by atoms with Gasteiger partial charge in [0.2, 0.25) is 12.2 Å². The molecule has 1 aromatic carbocycles. The molecule has 1 unspecified atom stereocenters. The number of fused-ring (bicyclic) bond motifs is 1. The van der Waals surface area contributed by atoms with Crippen LogP contribution in [-0.4, -0.2) is 77.8 Å². The van der Waals surface area contributed by atoms with Gasteiger partial charge in [0.05, 0.1) is 13.0 Å². The Hall–Kier alpha value is -2.98. The molecule has 3 heterocycles. The number of unbranched alkanes of at least 4 members (excludes halogenated alkanes) is 1. The van der Waals surface area contributed by atoms with Crippen LogP contribution in [0.4, 0.5) is 0 Å². The van der Waals surface area contributed by atoms with Gasteiger partial charge in [-0.3, -0.25) is 24.2 Å². The van der Waals surface area contributed by atoms with Gasteiger partial charge >= 0.3 is 5.97 Å². The topological polar surface area (TPSA) is 117 Å². The summed E-state index contributed by atoms with van der Waals surface area (Å²) < 4.78 is 10.9. The van der Waals surface area contributed by atoms with Gasteiger partial charge in [0.15, 0.2) is 0 Å². The Kier molecular flexibility index (Phi) is 8.35. The number of cyclic esters (lactones) is 1. The van der Waals surface area contributed by atoms with Crippen LogP contribution in [0.15, 0.2) is 30.3 Å². The largest absolute Gasteiger partial charge is 0.433 e. The average Bonchev–Trinajstić information content (AvgIpc) is 3.13. The van der Waals surface area contributed by atoms with Crippen LogP contribution in [0, 0.1) is 0 Å². The van der Waals surface area contributed by atoms with Crippen LogP contribution in [0.3, 0.4) is 0 Å². The minimum Gasteiger partial charge on any atom is -0.433 e. The molecular weight excluding hydrogens is 452 g/mol. The molecule has 3 aliphatic heterocycles. The maximum Gasteiger partial charge on any atom is 0.310 e. The normalized spacial score (nSPS) is 27.1. The van der Waals surface area contributed by atoms with Gasteiger partial charge in [0.1, 0.15) is 18.1 Å². The van der Waals surface area contributed by atoms with E-state index in [4.69, 9.17) is 9.47 Å². The van der Waals surface area contributed by atoms with Crippen LogP contribution in [0.5, 0.6) is 0 Å². The van der Waals surface area contributed by atoms with Crippen LogP contribution < -0.4 is 10.6 Å². The third-order valence-electron chi connectivity index (χ3n) is 6.64. The Bertz CT molecular complexity index is 926. The number of ether oxygens (including phenoxy) is 2. The van der Waals surface area contributed by atoms with Crippen molar-refractivity contribution < 1.29 is 28.7 Å². The standard InChI is InChI=1S/C25H34N4O6/c1-2-3-15-34-25-19(16-21(30)35-25)27-23(32)20-12-8-14-28-13-7-11-18(24(33)29(20)28)26-22(31)17-9-5-4-6-10-17/h4-6,9-10,18-20,25H,2-3,7-8,11-16H2,1H3,(H,26,31)(H,27,32)/t18-,19-,20-,25?/m0/s1. The summed E-state index contributed by atoms with van der Waals surface area (Å²) in [5.74, 6) is -1.37.